The van der Waals surface area contributed by atoms with Gasteiger partial charge in [0, 0.05) is 24.1 Å². The van der Waals surface area contributed by atoms with Crippen molar-refractivity contribution in [2.45, 2.75) is 38.0 Å². The lowest BCUT2D eigenvalue weighted by atomic mass is 9.85. The van der Waals surface area contributed by atoms with E-state index in [-0.39, 0.29) is 12.2 Å². The third-order valence-corrected chi connectivity index (χ3v) is 3.84. The maximum absolute atomic E-state index is 6.11. The fraction of sp³-hybridized carbons (Fsp3) is 0.571. The van der Waals surface area contributed by atoms with Crippen LogP contribution in [0.3, 0.4) is 0 Å². The fourth-order valence-corrected chi connectivity index (χ4v) is 2.64. The monoisotopic (exact) mass is 303 g/mol. The van der Waals surface area contributed by atoms with Gasteiger partial charge >= 0.3 is 0 Å². The first-order chi connectivity index (χ1) is 9.15. The molecule has 2 rings (SSSR count). The van der Waals surface area contributed by atoms with Crippen LogP contribution in [-0.2, 0) is 4.74 Å². The molecule has 19 heavy (non-hydrogen) atoms. The Labute approximate surface area is 124 Å². The minimum absolute atomic E-state index is 0.0441. The molecule has 3 unspecified atom stereocenters. The van der Waals surface area contributed by atoms with Crippen molar-refractivity contribution >= 4 is 23.2 Å². The lowest BCUT2D eigenvalue weighted by Gasteiger charge is -2.43. The van der Waals surface area contributed by atoms with Gasteiger partial charge in [0.05, 0.1) is 5.02 Å². The van der Waals surface area contributed by atoms with E-state index in [2.05, 4.69) is 12.2 Å². The Bertz CT molecular complexity index is 428. The molecule has 1 saturated carbocycles. The number of nitrogens with one attached hydrogen (secondary N) is 1. The minimum atomic E-state index is 0.0441. The van der Waals surface area contributed by atoms with Crippen molar-refractivity contribution in [3.05, 3.63) is 28.2 Å². The van der Waals surface area contributed by atoms with Gasteiger partial charge in [0.15, 0.2) is 0 Å². The van der Waals surface area contributed by atoms with Crippen molar-refractivity contribution in [3.63, 3.8) is 0 Å². The van der Waals surface area contributed by atoms with Crippen LogP contribution in [-0.4, -0.2) is 31.9 Å². The molecule has 0 saturated heterocycles. The third kappa shape index (κ3) is 3.54. The second kappa shape index (κ2) is 6.80. The zero-order valence-electron chi connectivity index (χ0n) is 11.2. The largest absolute Gasteiger partial charge is 0.486 e. The Morgan fingerprint density at radius 1 is 1.37 bits per heavy atom. The lowest BCUT2D eigenvalue weighted by Crippen LogP contribution is -2.60. The van der Waals surface area contributed by atoms with Crippen molar-refractivity contribution in [3.8, 4) is 5.75 Å². The molecule has 5 heteroatoms. The molecule has 0 heterocycles. The summed E-state index contributed by atoms with van der Waals surface area (Å²) in [6, 6.07) is 5.62. The van der Waals surface area contributed by atoms with Gasteiger partial charge in [-0.1, -0.05) is 30.1 Å². The quantitative estimate of drug-likeness (QED) is 0.872. The molecule has 3 nitrogen and oxygen atoms in total. The van der Waals surface area contributed by atoms with Gasteiger partial charge in [-0.05, 0) is 31.7 Å². The minimum Gasteiger partial charge on any atom is -0.486 e. The molecule has 0 aliphatic heterocycles. The zero-order chi connectivity index (χ0) is 13.8. The lowest BCUT2D eigenvalue weighted by molar-refractivity contribution is -0.106. The highest BCUT2D eigenvalue weighted by Crippen LogP contribution is 2.34. The maximum atomic E-state index is 6.11. The molecule has 1 aliphatic carbocycles. The number of benzene rings is 1. The molecule has 3 atom stereocenters. The molecule has 0 bridgehead atoms. The Balaban J connectivity index is 1.98. The first-order valence-corrected chi connectivity index (χ1v) is 7.32. The smallest absolute Gasteiger partial charge is 0.138 e. The summed E-state index contributed by atoms with van der Waals surface area (Å²) >= 11 is 12.0. The van der Waals surface area contributed by atoms with Gasteiger partial charge in [0.2, 0.25) is 0 Å². The van der Waals surface area contributed by atoms with Gasteiger partial charge in [-0.25, -0.2) is 0 Å². The van der Waals surface area contributed by atoms with Gasteiger partial charge in [0.1, 0.15) is 18.0 Å². The number of halogens is 2. The first-order valence-electron chi connectivity index (χ1n) is 6.56. The normalized spacial score (nSPS) is 26.0. The topological polar surface area (TPSA) is 30.5 Å². The van der Waals surface area contributed by atoms with E-state index in [0.29, 0.717) is 21.8 Å². The van der Waals surface area contributed by atoms with Crippen LogP contribution in [0, 0.1) is 0 Å². The van der Waals surface area contributed by atoms with E-state index < -0.39 is 0 Å². The van der Waals surface area contributed by atoms with E-state index >= 15 is 0 Å². The van der Waals surface area contributed by atoms with Crippen molar-refractivity contribution < 1.29 is 9.47 Å². The number of hydrogen-bond acceptors (Lipinski definition) is 3. The fourth-order valence-electron chi connectivity index (χ4n) is 2.19. The number of ether oxygens (including phenoxy) is 2. The van der Waals surface area contributed by atoms with Gasteiger partial charge in [-0.3, -0.25) is 0 Å². The van der Waals surface area contributed by atoms with E-state index in [1.54, 1.807) is 18.2 Å². The van der Waals surface area contributed by atoms with Crippen molar-refractivity contribution in [1.82, 2.24) is 5.32 Å². The summed E-state index contributed by atoms with van der Waals surface area (Å²) in [7, 11) is 1.94. The second-order valence-corrected chi connectivity index (χ2v) is 5.54. The summed E-state index contributed by atoms with van der Waals surface area (Å²) in [5, 5.41) is 4.39. The standard InChI is InChI=1S/C14H19Cl2NO2/c1-3-6-18-14-11(17-2)8-13(14)19-12-5-4-9(15)7-10(12)16/h4-5,7,11,13-14,17H,3,6,8H2,1-2H3. The highest BCUT2D eigenvalue weighted by Gasteiger charge is 2.43. The molecule has 1 fully saturated rings. The summed E-state index contributed by atoms with van der Waals surface area (Å²) in [4.78, 5) is 0. The summed E-state index contributed by atoms with van der Waals surface area (Å²) < 4.78 is 11.7. The predicted octanol–water partition coefficient (Wildman–Crippen LogP) is 3.53. The highest BCUT2D eigenvalue weighted by molar-refractivity contribution is 6.35. The Morgan fingerprint density at radius 3 is 2.79 bits per heavy atom. The Kier molecular flexibility index (Phi) is 5.34. The zero-order valence-corrected chi connectivity index (χ0v) is 12.7. The van der Waals surface area contributed by atoms with Crippen LogP contribution < -0.4 is 10.1 Å². The van der Waals surface area contributed by atoms with Crippen LogP contribution in [0.15, 0.2) is 18.2 Å². The van der Waals surface area contributed by atoms with Crippen LogP contribution >= 0.6 is 23.2 Å². The van der Waals surface area contributed by atoms with Crippen molar-refractivity contribution in [1.29, 1.82) is 0 Å². The molecule has 106 valence electrons. The Morgan fingerprint density at radius 2 is 2.16 bits per heavy atom. The predicted molar refractivity (Wildman–Crippen MR) is 78.4 cm³/mol. The summed E-state index contributed by atoms with van der Waals surface area (Å²) in [5.41, 5.74) is 0. The van der Waals surface area contributed by atoms with Gasteiger partial charge in [0.25, 0.3) is 0 Å². The van der Waals surface area contributed by atoms with Crippen LogP contribution in [0.2, 0.25) is 10.0 Å². The van der Waals surface area contributed by atoms with E-state index in [0.717, 1.165) is 19.4 Å². The van der Waals surface area contributed by atoms with Gasteiger partial charge in [-0.15, -0.1) is 0 Å². The molecule has 1 N–H and O–H groups in total. The maximum Gasteiger partial charge on any atom is 0.138 e. The molecular weight excluding hydrogens is 285 g/mol. The summed E-state index contributed by atoms with van der Waals surface area (Å²) in [6.07, 6.45) is 2.05. The van der Waals surface area contributed by atoms with Crippen LogP contribution in [0.5, 0.6) is 5.75 Å². The van der Waals surface area contributed by atoms with E-state index in [4.69, 9.17) is 32.7 Å². The SMILES string of the molecule is CCCOC1C(NC)CC1Oc1ccc(Cl)cc1Cl. The van der Waals surface area contributed by atoms with Crippen molar-refractivity contribution in [2.24, 2.45) is 0 Å². The van der Waals surface area contributed by atoms with E-state index in [9.17, 15) is 0 Å². The molecular formula is C14H19Cl2NO2. The van der Waals surface area contributed by atoms with Gasteiger partial charge in [-0.2, -0.15) is 0 Å². The third-order valence-electron chi connectivity index (χ3n) is 3.31. The van der Waals surface area contributed by atoms with E-state index in [1.807, 2.05) is 7.05 Å². The number of hydrogen-bond donors (Lipinski definition) is 1. The molecule has 1 aromatic rings. The molecule has 1 aliphatic rings. The summed E-state index contributed by atoms with van der Waals surface area (Å²) in [5.74, 6) is 0.663. The molecule has 1 aromatic carbocycles. The van der Waals surface area contributed by atoms with E-state index in [1.165, 1.54) is 0 Å². The molecule has 0 amide bonds. The van der Waals surface area contributed by atoms with Gasteiger partial charge < -0.3 is 14.8 Å². The molecule has 0 spiro atoms. The van der Waals surface area contributed by atoms with Crippen LogP contribution in [0.25, 0.3) is 0 Å². The average molecular weight is 304 g/mol. The number of rotatable bonds is 6. The highest BCUT2D eigenvalue weighted by atomic mass is 35.5. The summed E-state index contributed by atoms with van der Waals surface area (Å²) in [6.45, 7) is 2.84. The van der Waals surface area contributed by atoms with Crippen LogP contribution in [0.1, 0.15) is 19.8 Å². The Hall–Kier alpha value is -0.480. The number of likely N-dealkylation sites (N-methyl/N-ethyl adjacent to an activating group) is 1. The van der Waals surface area contributed by atoms with Crippen LogP contribution in [0.4, 0.5) is 0 Å². The second-order valence-electron chi connectivity index (χ2n) is 4.70. The molecule has 0 aromatic heterocycles. The first kappa shape index (κ1) is 14.9. The molecule has 0 radical (unpaired) electrons. The average Bonchev–Trinajstić information content (AvgIpc) is 2.36. The van der Waals surface area contributed by atoms with Crippen molar-refractivity contribution in [2.75, 3.05) is 13.7 Å².